The predicted octanol–water partition coefficient (Wildman–Crippen LogP) is 2.04. The van der Waals surface area contributed by atoms with Crippen LogP contribution in [-0.2, 0) is 0 Å². The zero-order valence-electron chi connectivity index (χ0n) is 9.58. The van der Waals surface area contributed by atoms with Gasteiger partial charge in [-0.05, 0) is 25.0 Å². The highest BCUT2D eigenvalue weighted by atomic mass is 15.3. The van der Waals surface area contributed by atoms with E-state index >= 15 is 0 Å². The molecule has 0 amide bonds. The summed E-state index contributed by atoms with van der Waals surface area (Å²) in [4.78, 5) is 4.00. The Morgan fingerprint density at radius 2 is 2.12 bits per heavy atom. The summed E-state index contributed by atoms with van der Waals surface area (Å²) >= 11 is 0. The van der Waals surface area contributed by atoms with Gasteiger partial charge in [-0.25, -0.2) is 4.98 Å². The maximum absolute atomic E-state index is 5.70. The first kappa shape index (κ1) is 10.3. The molecule has 0 unspecified atom stereocenters. The van der Waals surface area contributed by atoms with E-state index in [0.29, 0.717) is 11.9 Å². The fraction of sp³-hybridized carbons (Fsp3) is 0.417. The van der Waals surface area contributed by atoms with Crippen molar-refractivity contribution in [3.05, 3.63) is 24.7 Å². The summed E-state index contributed by atoms with van der Waals surface area (Å²) in [5.41, 5.74) is 6.69. The van der Waals surface area contributed by atoms with Crippen LogP contribution in [0, 0.1) is 0 Å². The molecular formula is C12H15N5. The molecule has 2 aromatic rings. The molecule has 1 fully saturated rings. The van der Waals surface area contributed by atoms with Crippen LogP contribution in [0.2, 0.25) is 0 Å². The van der Waals surface area contributed by atoms with Crippen LogP contribution in [0.25, 0.3) is 11.4 Å². The van der Waals surface area contributed by atoms with Crippen molar-refractivity contribution < 1.29 is 0 Å². The van der Waals surface area contributed by atoms with E-state index in [2.05, 4.69) is 19.7 Å². The highest BCUT2D eigenvalue weighted by molar-refractivity contribution is 5.58. The summed E-state index contributed by atoms with van der Waals surface area (Å²) in [7, 11) is 0. The van der Waals surface area contributed by atoms with Crippen molar-refractivity contribution in [2.75, 3.05) is 5.73 Å². The number of aromatic nitrogens is 4. The zero-order chi connectivity index (χ0) is 11.7. The average Bonchev–Trinajstić information content (AvgIpc) is 3.00. The van der Waals surface area contributed by atoms with Crippen molar-refractivity contribution in [1.82, 2.24) is 19.7 Å². The molecule has 1 saturated carbocycles. The smallest absolute Gasteiger partial charge is 0.164 e. The molecule has 2 heterocycles. The third kappa shape index (κ3) is 1.88. The minimum absolute atomic E-state index is 0.517. The van der Waals surface area contributed by atoms with Crippen molar-refractivity contribution in [1.29, 1.82) is 0 Å². The number of nitrogens with zero attached hydrogens (tertiary/aromatic N) is 4. The van der Waals surface area contributed by atoms with Gasteiger partial charge in [0.2, 0.25) is 0 Å². The minimum Gasteiger partial charge on any atom is -0.384 e. The minimum atomic E-state index is 0.517. The van der Waals surface area contributed by atoms with Crippen molar-refractivity contribution in [3.63, 3.8) is 0 Å². The summed E-state index contributed by atoms with van der Waals surface area (Å²) in [5, 5.41) is 8.23. The second-order valence-electron chi connectivity index (χ2n) is 4.47. The molecule has 0 aromatic carbocycles. The second kappa shape index (κ2) is 4.16. The van der Waals surface area contributed by atoms with Gasteiger partial charge in [0.25, 0.3) is 0 Å². The van der Waals surface area contributed by atoms with E-state index in [0.717, 1.165) is 11.4 Å². The summed E-state index contributed by atoms with van der Waals surface area (Å²) in [5.74, 6) is 1.41. The third-order valence-electron chi connectivity index (χ3n) is 3.33. The number of rotatable bonds is 2. The molecular weight excluding hydrogens is 214 g/mol. The number of nitrogen functional groups attached to an aromatic ring is 1. The Balaban J connectivity index is 2.00. The first-order valence-electron chi connectivity index (χ1n) is 5.96. The molecule has 0 aliphatic heterocycles. The molecule has 2 N–H and O–H groups in total. The van der Waals surface area contributed by atoms with Gasteiger partial charge in [-0.2, -0.15) is 0 Å². The van der Waals surface area contributed by atoms with Crippen LogP contribution in [0.1, 0.15) is 31.7 Å². The van der Waals surface area contributed by atoms with Crippen molar-refractivity contribution in [2.45, 2.75) is 31.7 Å². The lowest BCUT2D eigenvalue weighted by atomic mass is 10.2. The molecule has 0 radical (unpaired) electrons. The molecule has 0 saturated heterocycles. The Morgan fingerprint density at radius 3 is 2.88 bits per heavy atom. The molecule has 5 heteroatoms. The molecule has 2 aromatic heterocycles. The Hall–Kier alpha value is -1.91. The van der Waals surface area contributed by atoms with Crippen LogP contribution in [-0.4, -0.2) is 19.7 Å². The van der Waals surface area contributed by atoms with E-state index in [1.807, 2.05) is 18.5 Å². The number of pyridine rings is 1. The van der Waals surface area contributed by atoms with Crippen molar-refractivity contribution in [3.8, 4) is 11.4 Å². The normalized spacial score (nSPS) is 16.5. The van der Waals surface area contributed by atoms with Gasteiger partial charge in [0.15, 0.2) is 5.82 Å². The van der Waals surface area contributed by atoms with Crippen LogP contribution >= 0.6 is 0 Å². The first-order valence-corrected chi connectivity index (χ1v) is 5.96. The van der Waals surface area contributed by atoms with Gasteiger partial charge in [-0.3, -0.25) is 0 Å². The molecule has 1 aliphatic rings. The summed E-state index contributed by atoms with van der Waals surface area (Å²) in [6.45, 7) is 0. The van der Waals surface area contributed by atoms with Gasteiger partial charge in [0.05, 0.1) is 0 Å². The van der Waals surface area contributed by atoms with Gasteiger partial charge >= 0.3 is 0 Å². The maximum atomic E-state index is 5.70. The summed E-state index contributed by atoms with van der Waals surface area (Å²) < 4.78 is 2.17. The topological polar surface area (TPSA) is 69.6 Å². The lowest BCUT2D eigenvalue weighted by molar-refractivity contribution is 0.522. The zero-order valence-corrected chi connectivity index (χ0v) is 9.58. The van der Waals surface area contributed by atoms with E-state index in [1.165, 1.54) is 25.7 Å². The van der Waals surface area contributed by atoms with Gasteiger partial charge in [-0.1, -0.05) is 12.8 Å². The quantitative estimate of drug-likeness (QED) is 0.855. The molecule has 88 valence electrons. The highest BCUT2D eigenvalue weighted by Gasteiger charge is 2.20. The van der Waals surface area contributed by atoms with Crippen LogP contribution < -0.4 is 5.73 Å². The van der Waals surface area contributed by atoms with Crippen LogP contribution in [0.5, 0.6) is 0 Å². The fourth-order valence-corrected chi connectivity index (χ4v) is 2.49. The largest absolute Gasteiger partial charge is 0.384 e. The van der Waals surface area contributed by atoms with Crippen LogP contribution in [0.3, 0.4) is 0 Å². The van der Waals surface area contributed by atoms with E-state index in [9.17, 15) is 0 Å². The Labute approximate surface area is 99.7 Å². The lowest BCUT2D eigenvalue weighted by Gasteiger charge is -2.13. The fourth-order valence-electron chi connectivity index (χ4n) is 2.49. The lowest BCUT2D eigenvalue weighted by Crippen LogP contribution is -2.05. The predicted molar refractivity (Wildman–Crippen MR) is 65.2 cm³/mol. The van der Waals surface area contributed by atoms with E-state index in [1.54, 1.807) is 6.20 Å². The monoisotopic (exact) mass is 229 g/mol. The third-order valence-corrected chi connectivity index (χ3v) is 3.33. The second-order valence-corrected chi connectivity index (χ2v) is 4.47. The Morgan fingerprint density at radius 1 is 1.29 bits per heavy atom. The Bertz CT molecular complexity index is 513. The Kier molecular flexibility index (Phi) is 2.51. The number of nitrogens with two attached hydrogens (primary N) is 1. The molecule has 5 nitrogen and oxygen atoms in total. The van der Waals surface area contributed by atoms with Gasteiger partial charge in [-0.15, -0.1) is 10.2 Å². The van der Waals surface area contributed by atoms with Crippen molar-refractivity contribution >= 4 is 5.82 Å². The molecule has 0 spiro atoms. The molecule has 3 rings (SSSR count). The SMILES string of the molecule is Nc1cc(-c2nncn2C2CCCC2)ccn1. The molecule has 17 heavy (non-hydrogen) atoms. The van der Waals surface area contributed by atoms with Crippen molar-refractivity contribution in [2.24, 2.45) is 0 Å². The molecule has 0 atom stereocenters. The average molecular weight is 229 g/mol. The maximum Gasteiger partial charge on any atom is 0.164 e. The number of anilines is 1. The summed E-state index contributed by atoms with van der Waals surface area (Å²) in [6.07, 6.45) is 8.54. The van der Waals surface area contributed by atoms with Gasteiger partial charge in [0, 0.05) is 17.8 Å². The van der Waals surface area contributed by atoms with Gasteiger partial charge in [0.1, 0.15) is 12.1 Å². The standard InChI is InChI=1S/C12H15N5/c13-11-7-9(5-6-14-11)12-16-15-8-17(12)10-3-1-2-4-10/h5-8,10H,1-4H2,(H2,13,14). The molecule has 1 aliphatic carbocycles. The van der Waals surface area contributed by atoms with Crippen LogP contribution in [0.4, 0.5) is 5.82 Å². The highest BCUT2D eigenvalue weighted by Crippen LogP contribution is 2.32. The van der Waals surface area contributed by atoms with Crippen LogP contribution in [0.15, 0.2) is 24.7 Å². The number of hydrogen-bond donors (Lipinski definition) is 1. The van der Waals surface area contributed by atoms with E-state index in [-0.39, 0.29) is 0 Å². The first-order chi connectivity index (χ1) is 8.34. The van der Waals surface area contributed by atoms with E-state index in [4.69, 9.17) is 5.73 Å². The number of hydrogen-bond acceptors (Lipinski definition) is 4. The van der Waals surface area contributed by atoms with E-state index < -0.39 is 0 Å². The van der Waals surface area contributed by atoms with Gasteiger partial charge < -0.3 is 10.3 Å². The molecule has 0 bridgehead atoms. The summed E-state index contributed by atoms with van der Waals surface area (Å²) in [6, 6.07) is 4.30.